The molecule has 3 fully saturated rings. The SMILES string of the molecule is CC1(C)C[C@@H]2C[C@](C)(CN2C(=S)NC(=O)[C@]2(C)CC2(Cl)Cl)C1. The molecule has 0 aromatic carbocycles. The van der Waals surface area contributed by atoms with Gasteiger partial charge in [-0.3, -0.25) is 4.79 Å². The topological polar surface area (TPSA) is 32.3 Å². The highest BCUT2D eigenvalue weighted by atomic mass is 35.5. The zero-order valence-electron chi connectivity index (χ0n) is 13.6. The molecule has 3 nitrogen and oxygen atoms in total. The van der Waals surface area contributed by atoms with Gasteiger partial charge in [0.1, 0.15) is 4.33 Å². The van der Waals surface area contributed by atoms with Crippen molar-refractivity contribution >= 4 is 46.4 Å². The molecule has 0 radical (unpaired) electrons. The van der Waals surface area contributed by atoms with Crippen LogP contribution in [0.3, 0.4) is 0 Å². The van der Waals surface area contributed by atoms with E-state index in [0.717, 1.165) is 19.4 Å². The molecule has 2 aliphatic carbocycles. The van der Waals surface area contributed by atoms with Gasteiger partial charge >= 0.3 is 0 Å². The lowest BCUT2D eigenvalue weighted by molar-refractivity contribution is -0.124. The van der Waals surface area contributed by atoms with E-state index in [-0.39, 0.29) is 11.3 Å². The van der Waals surface area contributed by atoms with E-state index in [1.165, 1.54) is 6.42 Å². The molecule has 3 aliphatic rings. The average molecular weight is 363 g/mol. The van der Waals surface area contributed by atoms with E-state index >= 15 is 0 Å². The largest absolute Gasteiger partial charge is 0.345 e. The molecule has 124 valence electrons. The second-order valence-corrected chi connectivity index (χ2v) is 10.7. The highest BCUT2D eigenvalue weighted by Gasteiger charge is 2.68. The number of carbonyl (C=O) groups excluding carboxylic acids is 1. The van der Waals surface area contributed by atoms with Crippen molar-refractivity contribution < 1.29 is 4.79 Å². The standard InChI is InChI=1S/C16H24Cl2N2OS/c1-13(2)5-10-6-14(3,7-13)9-20(10)12(22)19-11(21)15(4)8-16(15,17)18/h10H,5-9H2,1-4H3,(H,19,21,22)/t10-,14+,15+/m1/s1. The summed E-state index contributed by atoms with van der Waals surface area (Å²) in [4.78, 5) is 14.6. The molecule has 2 saturated carbocycles. The van der Waals surface area contributed by atoms with Gasteiger partial charge in [0.25, 0.3) is 0 Å². The number of hydrogen-bond donors (Lipinski definition) is 1. The van der Waals surface area contributed by atoms with Crippen molar-refractivity contribution in [2.75, 3.05) is 6.54 Å². The molecule has 3 rings (SSSR count). The number of nitrogens with zero attached hydrogens (tertiary/aromatic N) is 1. The molecule has 1 aliphatic heterocycles. The van der Waals surface area contributed by atoms with Crippen LogP contribution in [0.15, 0.2) is 0 Å². The molecular weight excluding hydrogens is 339 g/mol. The van der Waals surface area contributed by atoms with Gasteiger partial charge in [0.15, 0.2) is 5.11 Å². The monoisotopic (exact) mass is 362 g/mol. The van der Waals surface area contributed by atoms with E-state index in [2.05, 4.69) is 31.0 Å². The first-order chi connectivity index (χ1) is 9.88. The second-order valence-electron chi connectivity index (χ2n) is 8.81. The fourth-order valence-corrected chi connectivity index (χ4v) is 5.66. The molecule has 0 aromatic heterocycles. The van der Waals surface area contributed by atoms with Crippen LogP contribution >= 0.6 is 35.4 Å². The number of likely N-dealkylation sites (tertiary alicyclic amines) is 1. The highest BCUT2D eigenvalue weighted by molar-refractivity contribution is 7.80. The fourth-order valence-electron chi connectivity index (χ4n) is 4.65. The van der Waals surface area contributed by atoms with Crippen molar-refractivity contribution in [2.45, 2.75) is 63.8 Å². The van der Waals surface area contributed by atoms with Crippen LogP contribution in [-0.4, -0.2) is 32.8 Å². The third-order valence-electron chi connectivity index (χ3n) is 5.66. The van der Waals surface area contributed by atoms with Crippen LogP contribution in [0, 0.1) is 16.2 Å². The zero-order chi connectivity index (χ0) is 16.6. The lowest BCUT2D eigenvalue weighted by Crippen LogP contribution is -2.48. The van der Waals surface area contributed by atoms with Crippen molar-refractivity contribution in [1.82, 2.24) is 10.2 Å². The Morgan fingerprint density at radius 2 is 1.77 bits per heavy atom. The third kappa shape index (κ3) is 2.65. The van der Waals surface area contributed by atoms with E-state index in [1.54, 1.807) is 6.92 Å². The van der Waals surface area contributed by atoms with Crippen LogP contribution < -0.4 is 5.32 Å². The number of hydrogen-bond acceptors (Lipinski definition) is 2. The number of nitrogens with one attached hydrogen (secondary N) is 1. The number of alkyl halides is 2. The number of carbonyl (C=O) groups is 1. The fraction of sp³-hybridized carbons (Fsp3) is 0.875. The maximum Gasteiger partial charge on any atom is 0.235 e. The Bertz CT molecular complexity index is 550. The summed E-state index contributed by atoms with van der Waals surface area (Å²) in [7, 11) is 0. The van der Waals surface area contributed by atoms with Crippen LogP contribution in [0.4, 0.5) is 0 Å². The summed E-state index contributed by atoms with van der Waals surface area (Å²) in [6.07, 6.45) is 3.95. The zero-order valence-corrected chi connectivity index (χ0v) is 16.0. The Morgan fingerprint density at radius 3 is 2.32 bits per heavy atom. The van der Waals surface area contributed by atoms with Gasteiger partial charge in [0, 0.05) is 12.6 Å². The lowest BCUT2D eigenvalue weighted by Gasteiger charge is -2.39. The van der Waals surface area contributed by atoms with Crippen molar-refractivity contribution in [1.29, 1.82) is 0 Å². The van der Waals surface area contributed by atoms with Crippen molar-refractivity contribution in [3.63, 3.8) is 0 Å². The number of rotatable bonds is 1. The van der Waals surface area contributed by atoms with Gasteiger partial charge in [-0.05, 0) is 55.7 Å². The van der Waals surface area contributed by atoms with Crippen molar-refractivity contribution in [3.05, 3.63) is 0 Å². The van der Waals surface area contributed by atoms with Gasteiger partial charge in [0.05, 0.1) is 5.41 Å². The van der Waals surface area contributed by atoms with Crippen LogP contribution in [0.2, 0.25) is 0 Å². The predicted octanol–water partition coefficient (Wildman–Crippen LogP) is 3.87. The van der Waals surface area contributed by atoms with Crippen LogP contribution in [0.25, 0.3) is 0 Å². The molecule has 1 amide bonds. The summed E-state index contributed by atoms with van der Waals surface area (Å²) in [5, 5.41) is 3.42. The molecule has 1 N–H and O–H groups in total. The van der Waals surface area contributed by atoms with E-state index in [1.807, 2.05) is 0 Å². The minimum Gasteiger partial charge on any atom is -0.345 e. The van der Waals surface area contributed by atoms with E-state index in [9.17, 15) is 4.79 Å². The summed E-state index contributed by atoms with van der Waals surface area (Å²) in [5.41, 5.74) is -0.110. The molecule has 0 spiro atoms. The van der Waals surface area contributed by atoms with Crippen LogP contribution in [0.1, 0.15) is 53.4 Å². The predicted molar refractivity (Wildman–Crippen MR) is 94.1 cm³/mol. The molecule has 3 atom stereocenters. The molecule has 1 saturated heterocycles. The first kappa shape index (κ1) is 16.8. The first-order valence-electron chi connectivity index (χ1n) is 7.88. The number of halogens is 2. The van der Waals surface area contributed by atoms with E-state index in [4.69, 9.17) is 35.4 Å². The van der Waals surface area contributed by atoms with Gasteiger partial charge in [0.2, 0.25) is 5.91 Å². The molecule has 2 bridgehead atoms. The van der Waals surface area contributed by atoms with Crippen molar-refractivity contribution in [3.8, 4) is 0 Å². The van der Waals surface area contributed by atoms with E-state index in [0.29, 0.717) is 23.0 Å². The second kappa shape index (κ2) is 4.73. The van der Waals surface area contributed by atoms with Crippen LogP contribution in [-0.2, 0) is 4.79 Å². The Hall–Kier alpha value is -0.0600. The average Bonchev–Trinajstić information content (AvgIpc) is 2.71. The minimum absolute atomic E-state index is 0.159. The summed E-state index contributed by atoms with van der Waals surface area (Å²) in [6.45, 7) is 9.68. The highest BCUT2D eigenvalue weighted by Crippen LogP contribution is 2.63. The Morgan fingerprint density at radius 1 is 1.18 bits per heavy atom. The summed E-state index contributed by atoms with van der Waals surface area (Å²) < 4.78 is -0.957. The van der Waals surface area contributed by atoms with Gasteiger partial charge in [-0.25, -0.2) is 0 Å². The van der Waals surface area contributed by atoms with Crippen LogP contribution in [0.5, 0.6) is 0 Å². The number of thiocarbonyl (C=S) groups is 1. The number of amides is 1. The normalized spacial score (nSPS) is 41.2. The van der Waals surface area contributed by atoms with E-state index < -0.39 is 9.75 Å². The Balaban J connectivity index is 1.68. The van der Waals surface area contributed by atoms with Gasteiger partial charge < -0.3 is 10.2 Å². The summed E-state index contributed by atoms with van der Waals surface area (Å²) in [6, 6.07) is 0.422. The first-order valence-corrected chi connectivity index (χ1v) is 9.04. The summed E-state index contributed by atoms with van der Waals surface area (Å²) >= 11 is 17.7. The van der Waals surface area contributed by atoms with Gasteiger partial charge in [-0.2, -0.15) is 0 Å². The quantitative estimate of drug-likeness (QED) is 0.567. The maximum absolute atomic E-state index is 12.4. The number of fused-ring (bicyclic) bond motifs is 2. The summed E-state index contributed by atoms with van der Waals surface area (Å²) in [5.74, 6) is -0.159. The Kier molecular flexibility index (Phi) is 3.61. The maximum atomic E-state index is 12.4. The Labute approximate surface area is 148 Å². The molecular formula is C16H24Cl2N2OS. The molecule has 22 heavy (non-hydrogen) atoms. The minimum atomic E-state index is -0.957. The molecule has 0 unspecified atom stereocenters. The molecule has 0 aromatic rings. The van der Waals surface area contributed by atoms with Crippen molar-refractivity contribution in [2.24, 2.45) is 16.2 Å². The smallest absolute Gasteiger partial charge is 0.235 e. The third-order valence-corrected chi connectivity index (χ3v) is 7.09. The van der Waals surface area contributed by atoms with Gasteiger partial charge in [-0.15, -0.1) is 23.2 Å². The molecule has 1 heterocycles. The lowest BCUT2D eigenvalue weighted by atomic mass is 9.65. The van der Waals surface area contributed by atoms with Gasteiger partial charge in [-0.1, -0.05) is 20.8 Å². The molecule has 6 heteroatoms.